The number of nitrogens with zero attached hydrogens (tertiary/aromatic N) is 3. The molecule has 1 aromatic carbocycles. The van der Waals surface area contributed by atoms with E-state index in [1.54, 1.807) is 0 Å². The number of aromatic nitrogens is 2. The molecule has 2 rings (SSSR count). The first-order chi connectivity index (χ1) is 9.47. The van der Waals surface area contributed by atoms with E-state index >= 15 is 0 Å². The summed E-state index contributed by atoms with van der Waals surface area (Å²) in [4.78, 5) is 27.8. The van der Waals surface area contributed by atoms with Crippen molar-refractivity contribution in [3.63, 3.8) is 0 Å². The molecular weight excluding hydrogens is 273 g/mol. The van der Waals surface area contributed by atoms with E-state index in [0.717, 1.165) is 24.5 Å². The number of carbonyl (C=O) groups is 1. The van der Waals surface area contributed by atoms with Crippen LogP contribution >= 0.6 is 0 Å². The van der Waals surface area contributed by atoms with Gasteiger partial charge in [-0.1, -0.05) is 0 Å². The zero-order valence-corrected chi connectivity index (χ0v) is 9.69. The van der Waals surface area contributed by atoms with Gasteiger partial charge in [0.1, 0.15) is 11.3 Å². The number of nitro benzene ring substituents is 1. The third kappa shape index (κ3) is 2.83. The minimum absolute atomic E-state index is 0.0143. The molecule has 8 nitrogen and oxygen atoms in total. The summed E-state index contributed by atoms with van der Waals surface area (Å²) in [6.07, 6.45) is 1.73. The number of hydrogen-bond donors (Lipinski definition) is 1. The van der Waals surface area contributed by atoms with Crippen LogP contribution in [0.4, 0.5) is 10.1 Å². The molecule has 0 atom stereocenters. The van der Waals surface area contributed by atoms with E-state index in [2.05, 4.69) is 9.97 Å². The van der Waals surface area contributed by atoms with Crippen LogP contribution in [-0.2, 0) is 0 Å². The Kier molecular flexibility index (Phi) is 3.51. The number of hydrogen-bond acceptors (Lipinski definition) is 6. The van der Waals surface area contributed by atoms with Gasteiger partial charge in [-0.2, -0.15) is 0 Å². The minimum atomic E-state index is -1.47. The van der Waals surface area contributed by atoms with Gasteiger partial charge in [-0.05, 0) is 6.07 Å². The van der Waals surface area contributed by atoms with Crippen molar-refractivity contribution in [2.24, 2.45) is 0 Å². The molecule has 0 aliphatic rings. The van der Waals surface area contributed by atoms with Crippen molar-refractivity contribution in [2.45, 2.75) is 0 Å². The Morgan fingerprint density at radius 3 is 2.55 bits per heavy atom. The summed E-state index contributed by atoms with van der Waals surface area (Å²) >= 11 is 0. The highest BCUT2D eigenvalue weighted by atomic mass is 19.1. The second-order valence-corrected chi connectivity index (χ2v) is 3.53. The molecule has 0 aliphatic heterocycles. The molecule has 20 heavy (non-hydrogen) atoms. The van der Waals surface area contributed by atoms with Crippen LogP contribution in [0.2, 0.25) is 0 Å². The molecule has 9 heteroatoms. The number of halogens is 1. The monoisotopic (exact) mass is 279 g/mol. The molecule has 0 saturated heterocycles. The highest BCUT2D eigenvalue weighted by Gasteiger charge is 2.20. The van der Waals surface area contributed by atoms with Crippen LogP contribution in [0.25, 0.3) is 0 Å². The number of ether oxygens (including phenoxy) is 1. The van der Waals surface area contributed by atoms with Crippen LogP contribution in [0.1, 0.15) is 10.4 Å². The van der Waals surface area contributed by atoms with Gasteiger partial charge < -0.3 is 9.84 Å². The first kappa shape index (κ1) is 13.3. The topological polar surface area (TPSA) is 115 Å². The predicted molar refractivity (Wildman–Crippen MR) is 62.1 cm³/mol. The first-order valence-electron chi connectivity index (χ1n) is 5.14. The van der Waals surface area contributed by atoms with Crippen LogP contribution in [0, 0.1) is 15.9 Å². The SMILES string of the molecule is O=C(O)c1cc(Oc2ncc(F)cn2)ccc1[N+](=O)[O-]. The van der Waals surface area contributed by atoms with E-state index in [0.29, 0.717) is 0 Å². The second-order valence-electron chi connectivity index (χ2n) is 3.53. The lowest BCUT2D eigenvalue weighted by molar-refractivity contribution is -0.385. The summed E-state index contributed by atoms with van der Waals surface area (Å²) in [6, 6.07) is 2.93. The molecular formula is C11H6FN3O5. The van der Waals surface area contributed by atoms with Crippen LogP contribution in [0.3, 0.4) is 0 Å². The van der Waals surface area contributed by atoms with Crippen molar-refractivity contribution >= 4 is 11.7 Å². The van der Waals surface area contributed by atoms with Gasteiger partial charge >= 0.3 is 12.0 Å². The van der Waals surface area contributed by atoms with E-state index in [1.807, 2.05) is 0 Å². The zero-order chi connectivity index (χ0) is 14.7. The van der Waals surface area contributed by atoms with E-state index in [-0.39, 0.29) is 11.8 Å². The quantitative estimate of drug-likeness (QED) is 0.672. The summed E-state index contributed by atoms with van der Waals surface area (Å²) in [5, 5.41) is 19.6. The maximum absolute atomic E-state index is 12.6. The molecule has 1 heterocycles. The number of nitro groups is 1. The molecule has 1 N–H and O–H groups in total. The van der Waals surface area contributed by atoms with Crippen molar-refractivity contribution in [3.05, 3.63) is 52.1 Å². The molecule has 0 unspecified atom stereocenters. The van der Waals surface area contributed by atoms with Gasteiger partial charge in [0, 0.05) is 12.1 Å². The van der Waals surface area contributed by atoms with Crippen molar-refractivity contribution < 1.29 is 24.0 Å². The zero-order valence-electron chi connectivity index (χ0n) is 9.69. The summed E-state index contributed by atoms with van der Waals surface area (Å²) in [5.41, 5.74) is -1.10. The van der Waals surface area contributed by atoms with Crippen LogP contribution in [0.15, 0.2) is 30.6 Å². The standard InChI is InChI=1S/C11H6FN3O5/c12-6-4-13-11(14-5-6)20-7-1-2-9(15(18)19)8(3-7)10(16)17/h1-5H,(H,16,17). The third-order valence-corrected chi connectivity index (χ3v) is 2.20. The largest absolute Gasteiger partial charge is 0.477 e. The normalized spacial score (nSPS) is 10.1. The van der Waals surface area contributed by atoms with Gasteiger partial charge in [-0.3, -0.25) is 10.1 Å². The predicted octanol–water partition coefficient (Wildman–Crippen LogP) is 2.01. The highest BCUT2D eigenvalue weighted by molar-refractivity contribution is 5.92. The maximum Gasteiger partial charge on any atom is 0.342 e. The van der Waals surface area contributed by atoms with Crippen molar-refractivity contribution in [1.82, 2.24) is 9.97 Å². The summed E-state index contributed by atoms with van der Waals surface area (Å²) < 4.78 is 17.7. The van der Waals surface area contributed by atoms with Crippen LogP contribution in [-0.4, -0.2) is 26.0 Å². The van der Waals surface area contributed by atoms with Crippen molar-refractivity contribution in [2.75, 3.05) is 0 Å². The Morgan fingerprint density at radius 1 is 1.35 bits per heavy atom. The Hall–Kier alpha value is -3.10. The summed E-state index contributed by atoms with van der Waals surface area (Å²) in [7, 11) is 0. The lowest BCUT2D eigenvalue weighted by atomic mass is 10.2. The second kappa shape index (κ2) is 5.26. The Morgan fingerprint density at radius 2 is 2.00 bits per heavy atom. The Labute approximate surface area is 110 Å². The fraction of sp³-hybridized carbons (Fsp3) is 0. The average molecular weight is 279 g/mol. The smallest absolute Gasteiger partial charge is 0.342 e. The molecule has 1 aromatic heterocycles. The first-order valence-corrected chi connectivity index (χ1v) is 5.14. The number of carboxylic acids is 1. The fourth-order valence-corrected chi connectivity index (χ4v) is 1.37. The number of rotatable bonds is 4. The van der Waals surface area contributed by atoms with Gasteiger partial charge in [-0.15, -0.1) is 0 Å². The molecule has 0 amide bonds. The lowest BCUT2D eigenvalue weighted by Crippen LogP contribution is -2.03. The lowest BCUT2D eigenvalue weighted by Gasteiger charge is -2.04. The average Bonchev–Trinajstić information content (AvgIpc) is 2.41. The van der Waals surface area contributed by atoms with E-state index < -0.39 is 28.0 Å². The van der Waals surface area contributed by atoms with Gasteiger partial charge in [-0.25, -0.2) is 19.2 Å². The molecule has 2 aromatic rings. The molecule has 0 bridgehead atoms. The van der Waals surface area contributed by atoms with Crippen molar-refractivity contribution in [1.29, 1.82) is 0 Å². The van der Waals surface area contributed by atoms with E-state index in [9.17, 15) is 19.3 Å². The maximum atomic E-state index is 12.6. The highest BCUT2D eigenvalue weighted by Crippen LogP contribution is 2.26. The molecule has 0 spiro atoms. The van der Waals surface area contributed by atoms with Crippen molar-refractivity contribution in [3.8, 4) is 11.8 Å². The molecule has 102 valence electrons. The molecule has 0 radical (unpaired) electrons. The number of benzene rings is 1. The number of aromatic carboxylic acids is 1. The molecule has 0 fully saturated rings. The fourth-order valence-electron chi connectivity index (χ4n) is 1.37. The number of carboxylic acid groups (broad SMARTS) is 1. The Bertz CT molecular complexity index is 674. The van der Waals surface area contributed by atoms with Crippen LogP contribution < -0.4 is 4.74 Å². The molecule has 0 aliphatic carbocycles. The van der Waals surface area contributed by atoms with Crippen LogP contribution in [0.5, 0.6) is 11.8 Å². The summed E-state index contributed by atoms with van der Waals surface area (Å²) in [6.45, 7) is 0. The molecule has 0 saturated carbocycles. The van der Waals surface area contributed by atoms with Gasteiger partial charge in [0.25, 0.3) is 5.69 Å². The minimum Gasteiger partial charge on any atom is -0.477 e. The third-order valence-electron chi connectivity index (χ3n) is 2.20. The van der Waals surface area contributed by atoms with E-state index in [1.165, 1.54) is 6.07 Å². The van der Waals surface area contributed by atoms with Gasteiger partial charge in [0.2, 0.25) is 0 Å². The van der Waals surface area contributed by atoms with Gasteiger partial charge in [0.05, 0.1) is 17.3 Å². The summed E-state index contributed by atoms with van der Waals surface area (Å²) in [5.74, 6) is -2.14. The van der Waals surface area contributed by atoms with E-state index in [4.69, 9.17) is 9.84 Å². The van der Waals surface area contributed by atoms with Gasteiger partial charge in [0.15, 0.2) is 5.82 Å². The Balaban J connectivity index is 2.34.